The van der Waals surface area contributed by atoms with Crippen LogP contribution in [0.15, 0.2) is 36.4 Å². The molecule has 0 aliphatic carbocycles. The summed E-state index contributed by atoms with van der Waals surface area (Å²) in [6, 6.07) is 13.0. The third-order valence-corrected chi connectivity index (χ3v) is 5.67. The van der Waals surface area contributed by atoms with Crippen molar-refractivity contribution in [3.63, 3.8) is 0 Å². The summed E-state index contributed by atoms with van der Waals surface area (Å²) >= 11 is 0. The first-order valence-electron chi connectivity index (χ1n) is 9.52. The van der Waals surface area contributed by atoms with Crippen LogP contribution in [-0.2, 0) is 6.54 Å². The van der Waals surface area contributed by atoms with Crippen LogP contribution in [0, 0.1) is 0 Å². The van der Waals surface area contributed by atoms with Crippen LogP contribution in [0.4, 0.5) is 0 Å². The van der Waals surface area contributed by atoms with Crippen molar-refractivity contribution in [3.8, 4) is 17.2 Å². The molecule has 27 heavy (non-hydrogen) atoms. The molecular weight excluding hydrogens is 340 g/mol. The van der Waals surface area contributed by atoms with E-state index in [0.29, 0.717) is 0 Å². The summed E-state index contributed by atoms with van der Waals surface area (Å²) in [4.78, 5) is 2.46. The van der Waals surface area contributed by atoms with Crippen molar-refractivity contribution in [1.29, 1.82) is 0 Å². The fourth-order valence-electron chi connectivity index (χ4n) is 4.34. The fourth-order valence-corrected chi connectivity index (χ4v) is 4.34. The van der Waals surface area contributed by atoms with Gasteiger partial charge >= 0.3 is 0 Å². The van der Waals surface area contributed by atoms with Gasteiger partial charge in [0.15, 0.2) is 11.5 Å². The Kier molecular flexibility index (Phi) is 4.06. The van der Waals surface area contributed by atoms with Gasteiger partial charge in [-0.3, -0.25) is 4.90 Å². The van der Waals surface area contributed by atoms with E-state index in [1.165, 1.54) is 22.8 Å². The normalized spacial score (nSPS) is 19.7. The van der Waals surface area contributed by atoms with Gasteiger partial charge < -0.3 is 19.9 Å². The van der Waals surface area contributed by atoms with Gasteiger partial charge in [0.25, 0.3) is 0 Å². The van der Waals surface area contributed by atoms with Gasteiger partial charge in [0, 0.05) is 19.1 Å². The lowest BCUT2D eigenvalue weighted by molar-refractivity contribution is 0.174. The van der Waals surface area contributed by atoms with E-state index < -0.39 is 0 Å². The zero-order chi connectivity index (χ0) is 18.4. The molecule has 2 aliphatic heterocycles. The molecule has 140 valence electrons. The summed E-state index contributed by atoms with van der Waals surface area (Å²) in [5.41, 5.74) is 7.51. The SMILES string of the molecule is COc1ccc2c(CN3CCC[C@H](N)C3)cc3cc4c(cc3c2c1)OCO4. The number of piperidine rings is 1. The molecule has 5 rings (SSSR count). The van der Waals surface area contributed by atoms with Crippen LogP contribution < -0.4 is 19.9 Å². The summed E-state index contributed by atoms with van der Waals surface area (Å²) in [5.74, 6) is 2.48. The molecule has 0 aromatic heterocycles. The topological polar surface area (TPSA) is 57.0 Å². The van der Waals surface area contributed by atoms with E-state index in [1.54, 1.807) is 7.11 Å². The summed E-state index contributed by atoms with van der Waals surface area (Å²) in [7, 11) is 1.71. The van der Waals surface area contributed by atoms with Crippen molar-refractivity contribution in [2.45, 2.75) is 25.4 Å². The number of rotatable bonds is 3. The minimum absolute atomic E-state index is 0.277. The Balaban J connectivity index is 1.68. The number of benzene rings is 3. The number of ether oxygens (including phenoxy) is 3. The Morgan fingerprint density at radius 3 is 2.74 bits per heavy atom. The van der Waals surface area contributed by atoms with Crippen molar-refractivity contribution in [2.24, 2.45) is 5.73 Å². The molecule has 5 heteroatoms. The Hall–Kier alpha value is -2.50. The third kappa shape index (κ3) is 2.97. The molecule has 1 atom stereocenters. The highest BCUT2D eigenvalue weighted by atomic mass is 16.7. The second kappa shape index (κ2) is 6.59. The van der Waals surface area contributed by atoms with Gasteiger partial charge in [-0.05, 0) is 76.8 Å². The van der Waals surface area contributed by atoms with Crippen LogP contribution in [0.1, 0.15) is 18.4 Å². The van der Waals surface area contributed by atoms with Gasteiger partial charge in [0.2, 0.25) is 6.79 Å². The lowest BCUT2D eigenvalue weighted by atomic mass is 9.95. The smallest absolute Gasteiger partial charge is 0.231 e. The molecule has 2 heterocycles. The Labute approximate surface area is 158 Å². The molecule has 5 nitrogen and oxygen atoms in total. The zero-order valence-electron chi connectivity index (χ0n) is 15.5. The highest BCUT2D eigenvalue weighted by Crippen LogP contribution is 2.40. The average molecular weight is 364 g/mol. The maximum absolute atomic E-state index is 6.19. The number of fused-ring (bicyclic) bond motifs is 4. The van der Waals surface area contributed by atoms with Crippen molar-refractivity contribution >= 4 is 21.5 Å². The van der Waals surface area contributed by atoms with Crippen LogP contribution >= 0.6 is 0 Å². The first-order valence-corrected chi connectivity index (χ1v) is 9.52. The van der Waals surface area contributed by atoms with E-state index in [4.69, 9.17) is 19.9 Å². The average Bonchev–Trinajstić information content (AvgIpc) is 3.13. The van der Waals surface area contributed by atoms with Gasteiger partial charge in [-0.1, -0.05) is 6.07 Å². The number of likely N-dealkylation sites (tertiary alicyclic amines) is 1. The first kappa shape index (κ1) is 16.7. The molecule has 0 saturated carbocycles. The van der Waals surface area contributed by atoms with E-state index in [9.17, 15) is 0 Å². The van der Waals surface area contributed by atoms with Gasteiger partial charge in [0.1, 0.15) is 5.75 Å². The number of methoxy groups -OCH3 is 1. The highest BCUT2D eigenvalue weighted by Gasteiger charge is 2.20. The molecular formula is C22H24N2O3. The monoisotopic (exact) mass is 364 g/mol. The van der Waals surface area contributed by atoms with Gasteiger partial charge in [-0.2, -0.15) is 0 Å². The molecule has 2 N–H and O–H groups in total. The minimum atomic E-state index is 0.277. The Morgan fingerprint density at radius 2 is 1.93 bits per heavy atom. The summed E-state index contributed by atoms with van der Waals surface area (Å²) < 4.78 is 16.7. The number of hydrogen-bond acceptors (Lipinski definition) is 5. The fraction of sp³-hybridized carbons (Fsp3) is 0.364. The van der Waals surface area contributed by atoms with E-state index in [1.807, 2.05) is 6.07 Å². The quantitative estimate of drug-likeness (QED) is 0.719. The zero-order valence-corrected chi connectivity index (χ0v) is 15.5. The maximum atomic E-state index is 6.19. The predicted octanol–water partition coefficient (Wildman–Crippen LogP) is 3.65. The van der Waals surface area contributed by atoms with E-state index in [2.05, 4.69) is 35.2 Å². The van der Waals surface area contributed by atoms with E-state index in [-0.39, 0.29) is 12.8 Å². The van der Waals surface area contributed by atoms with Crippen LogP contribution in [0.5, 0.6) is 17.2 Å². The lowest BCUT2D eigenvalue weighted by Crippen LogP contribution is -2.42. The number of hydrogen-bond donors (Lipinski definition) is 1. The molecule has 0 amide bonds. The Morgan fingerprint density at radius 1 is 1.07 bits per heavy atom. The summed E-state index contributed by atoms with van der Waals surface area (Å²) in [6.45, 7) is 3.24. The highest BCUT2D eigenvalue weighted by molar-refractivity contribution is 6.10. The molecule has 3 aromatic rings. The second-order valence-corrected chi connectivity index (χ2v) is 7.51. The molecule has 3 aromatic carbocycles. The van der Waals surface area contributed by atoms with Crippen molar-refractivity contribution in [3.05, 3.63) is 42.0 Å². The van der Waals surface area contributed by atoms with E-state index in [0.717, 1.165) is 54.1 Å². The van der Waals surface area contributed by atoms with Gasteiger partial charge in [-0.15, -0.1) is 0 Å². The molecule has 2 aliphatic rings. The second-order valence-electron chi connectivity index (χ2n) is 7.51. The lowest BCUT2D eigenvalue weighted by Gasteiger charge is -2.31. The largest absolute Gasteiger partial charge is 0.497 e. The first-order chi connectivity index (χ1) is 13.2. The Bertz CT molecular complexity index is 1020. The van der Waals surface area contributed by atoms with Crippen LogP contribution in [0.25, 0.3) is 21.5 Å². The molecule has 1 fully saturated rings. The maximum Gasteiger partial charge on any atom is 0.231 e. The molecule has 0 bridgehead atoms. The number of nitrogens with two attached hydrogens (primary N) is 1. The van der Waals surface area contributed by atoms with Crippen LogP contribution in [-0.4, -0.2) is 37.9 Å². The van der Waals surface area contributed by atoms with Crippen molar-refractivity contribution < 1.29 is 14.2 Å². The van der Waals surface area contributed by atoms with Crippen molar-refractivity contribution in [2.75, 3.05) is 27.0 Å². The van der Waals surface area contributed by atoms with Crippen molar-refractivity contribution in [1.82, 2.24) is 4.90 Å². The van der Waals surface area contributed by atoms with Gasteiger partial charge in [-0.25, -0.2) is 0 Å². The van der Waals surface area contributed by atoms with E-state index >= 15 is 0 Å². The molecule has 0 radical (unpaired) electrons. The molecule has 0 unspecified atom stereocenters. The third-order valence-electron chi connectivity index (χ3n) is 5.67. The number of nitrogens with zero attached hydrogens (tertiary/aromatic N) is 1. The predicted molar refractivity (Wildman–Crippen MR) is 107 cm³/mol. The molecule has 0 spiro atoms. The standard InChI is InChI=1S/C22H24N2O3/c1-25-17-4-5-18-15(11-24-6-2-3-16(23)12-24)7-14-8-21-22(27-13-26-21)10-19(14)20(18)9-17/h4-5,7-10,16H,2-3,6,11-13,23H2,1H3/t16-/m0/s1. The summed E-state index contributed by atoms with van der Waals surface area (Å²) in [5, 5.41) is 4.76. The molecule has 1 saturated heterocycles. The van der Waals surface area contributed by atoms with Crippen LogP contribution in [0.2, 0.25) is 0 Å². The van der Waals surface area contributed by atoms with Crippen LogP contribution in [0.3, 0.4) is 0 Å². The van der Waals surface area contributed by atoms with Gasteiger partial charge in [0.05, 0.1) is 7.11 Å². The minimum Gasteiger partial charge on any atom is -0.497 e. The summed E-state index contributed by atoms with van der Waals surface area (Å²) in [6.07, 6.45) is 2.29.